The van der Waals surface area contributed by atoms with Gasteiger partial charge in [0.1, 0.15) is 30.7 Å². The smallest absolute Gasteiger partial charge is 0.407 e. The lowest BCUT2D eigenvalue weighted by molar-refractivity contribution is -0.144. The number of carboxylic acids is 1. The van der Waals surface area contributed by atoms with Gasteiger partial charge in [-0.1, -0.05) is 48.5 Å². The highest BCUT2D eigenvalue weighted by Gasteiger charge is 2.29. The second-order valence-corrected chi connectivity index (χ2v) is 9.44. The third kappa shape index (κ3) is 5.47. The number of hydrogen-bond acceptors (Lipinski definition) is 8. The number of benzene rings is 2. The molecule has 216 valence electrons. The summed E-state index contributed by atoms with van der Waals surface area (Å²) in [5, 5.41) is 11.2. The van der Waals surface area contributed by atoms with E-state index in [9.17, 15) is 38.7 Å². The van der Waals surface area contributed by atoms with Gasteiger partial charge in [-0.15, -0.1) is 0 Å². The number of fused-ring (bicyclic) bond motifs is 4. The van der Waals surface area contributed by atoms with Gasteiger partial charge >= 0.3 is 23.4 Å². The Hall–Kier alpha value is -5.73. The van der Waals surface area contributed by atoms with E-state index in [-0.39, 0.29) is 25.6 Å². The number of alkyl carbamates (subject to hydrolysis) is 1. The summed E-state index contributed by atoms with van der Waals surface area (Å²) in [5.74, 6) is -2.44. The monoisotopic (exact) mass is 576 g/mol. The molecule has 15 heteroatoms. The maximum absolute atomic E-state index is 13.0. The minimum atomic E-state index is -1.37. The number of hydrogen-bond donors (Lipinski definition) is 5. The number of aromatic amines is 3. The summed E-state index contributed by atoms with van der Waals surface area (Å²) < 4.78 is 6.08. The Kier molecular flexibility index (Phi) is 7.55. The summed E-state index contributed by atoms with van der Waals surface area (Å²) in [6.07, 6.45) is -0.778. The van der Waals surface area contributed by atoms with Crippen LogP contribution in [0, 0.1) is 0 Å². The molecule has 4 aromatic rings. The molecule has 15 nitrogen and oxygen atoms in total. The Morgan fingerprint density at radius 1 is 0.905 bits per heavy atom. The predicted octanol–water partition coefficient (Wildman–Crippen LogP) is -0.482. The van der Waals surface area contributed by atoms with E-state index >= 15 is 0 Å². The molecule has 2 heterocycles. The molecular formula is C27H24N6O9. The number of carbonyl (C=O) groups excluding carboxylic acids is 2. The number of ether oxygens (including phenoxy) is 1. The first kappa shape index (κ1) is 27.8. The summed E-state index contributed by atoms with van der Waals surface area (Å²) in [7, 11) is 0. The molecule has 1 aliphatic carbocycles. The van der Waals surface area contributed by atoms with Gasteiger partial charge in [0.2, 0.25) is 5.91 Å². The molecule has 2 aromatic carbocycles. The van der Waals surface area contributed by atoms with Gasteiger partial charge in [0.15, 0.2) is 0 Å². The van der Waals surface area contributed by atoms with Gasteiger partial charge in [0.25, 0.3) is 11.1 Å². The van der Waals surface area contributed by atoms with E-state index in [1.54, 1.807) is 0 Å². The first-order chi connectivity index (χ1) is 20.1. The highest BCUT2D eigenvalue weighted by Crippen LogP contribution is 2.44. The van der Waals surface area contributed by atoms with E-state index in [1.807, 2.05) is 58.5 Å². The molecule has 0 radical (unpaired) electrons. The number of rotatable bonds is 9. The maximum Gasteiger partial charge on any atom is 0.407 e. The Labute approximate surface area is 234 Å². The van der Waals surface area contributed by atoms with Crippen molar-refractivity contribution < 1.29 is 24.2 Å². The van der Waals surface area contributed by atoms with Crippen LogP contribution >= 0.6 is 0 Å². The Morgan fingerprint density at radius 2 is 1.52 bits per heavy atom. The summed E-state index contributed by atoms with van der Waals surface area (Å²) >= 11 is 0. The first-order valence-corrected chi connectivity index (χ1v) is 12.7. The molecule has 0 saturated carbocycles. The number of H-pyrrole nitrogens is 3. The van der Waals surface area contributed by atoms with Crippen molar-refractivity contribution in [3.63, 3.8) is 0 Å². The normalized spacial score (nSPS) is 12.0. The van der Waals surface area contributed by atoms with Gasteiger partial charge in [0.05, 0.1) is 0 Å². The molecule has 2 amide bonds. The fraction of sp³-hybridized carbons (Fsp3) is 0.222. The topological polar surface area (TPSA) is 217 Å². The number of aliphatic carboxylic acids is 1. The van der Waals surface area contributed by atoms with Gasteiger partial charge in [0, 0.05) is 19.0 Å². The summed E-state index contributed by atoms with van der Waals surface area (Å²) in [4.78, 5) is 91.9. The lowest BCUT2D eigenvalue weighted by Crippen LogP contribution is -2.45. The number of carboxylic acid groups (broad SMARTS) is 1. The van der Waals surface area contributed by atoms with Crippen molar-refractivity contribution >= 4 is 29.0 Å². The molecule has 0 aliphatic heterocycles. The van der Waals surface area contributed by atoms with E-state index in [0.29, 0.717) is 4.57 Å². The molecular weight excluding hydrogens is 552 g/mol. The van der Waals surface area contributed by atoms with Gasteiger partial charge < -0.3 is 20.1 Å². The molecule has 1 aliphatic rings. The van der Waals surface area contributed by atoms with Gasteiger partial charge in [-0.05, 0) is 22.3 Å². The number of nitrogens with one attached hydrogen (secondary N) is 4. The second kappa shape index (κ2) is 11.4. The van der Waals surface area contributed by atoms with Crippen LogP contribution in [-0.4, -0.2) is 73.7 Å². The van der Waals surface area contributed by atoms with Crippen LogP contribution in [0.15, 0.2) is 67.7 Å². The highest BCUT2D eigenvalue weighted by atomic mass is 16.5. The minimum absolute atomic E-state index is 0.0527. The molecule has 0 saturated heterocycles. The van der Waals surface area contributed by atoms with Crippen LogP contribution in [0.1, 0.15) is 17.0 Å². The molecule has 0 spiro atoms. The maximum atomic E-state index is 13.0. The molecule has 42 heavy (non-hydrogen) atoms. The molecule has 5 rings (SSSR count). The molecule has 5 N–H and O–H groups in total. The van der Waals surface area contributed by atoms with Gasteiger partial charge in [-0.25, -0.2) is 14.4 Å². The lowest BCUT2D eigenvalue weighted by Gasteiger charge is -2.22. The van der Waals surface area contributed by atoms with Crippen LogP contribution < -0.4 is 27.8 Å². The van der Waals surface area contributed by atoms with Crippen LogP contribution in [0.2, 0.25) is 0 Å². The third-order valence-electron chi connectivity index (χ3n) is 6.85. The fourth-order valence-corrected chi connectivity index (χ4v) is 5.00. The average Bonchev–Trinajstić information content (AvgIpc) is 3.26. The largest absolute Gasteiger partial charge is 0.480 e. The van der Waals surface area contributed by atoms with Crippen LogP contribution in [0.5, 0.6) is 0 Å². The Balaban J connectivity index is 1.24. The van der Waals surface area contributed by atoms with Gasteiger partial charge in [-0.2, -0.15) is 0 Å². The quantitative estimate of drug-likeness (QED) is 0.174. The zero-order valence-corrected chi connectivity index (χ0v) is 21.8. The number of nitrogens with zero attached hydrogens (tertiary/aromatic N) is 2. The van der Waals surface area contributed by atoms with E-state index in [0.717, 1.165) is 27.2 Å². The van der Waals surface area contributed by atoms with Crippen molar-refractivity contribution in [2.24, 2.45) is 0 Å². The first-order valence-electron chi connectivity index (χ1n) is 12.7. The minimum Gasteiger partial charge on any atom is -0.480 e. The van der Waals surface area contributed by atoms with E-state index in [4.69, 9.17) is 4.74 Å². The predicted molar refractivity (Wildman–Crippen MR) is 147 cm³/mol. The SMILES string of the molecule is O=C(O)CN(CCNC(=O)OCC1c2ccccc2-c2ccccc21)C(=O)Cn1c(=O)[nH]c(=O)c2c(=O)[nH]c(=O)[nH]c21. The van der Waals surface area contributed by atoms with E-state index in [2.05, 4.69) is 10.3 Å². The molecule has 0 bridgehead atoms. The molecule has 0 fully saturated rings. The van der Waals surface area contributed by atoms with Crippen molar-refractivity contribution in [3.05, 3.63) is 101 Å². The number of amides is 2. The Bertz CT molecular complexity index is 1900. The summed E-state index contributed by atoms with van der Waals surface area (Å²) in [6.45, 7) is -2.00. The Morgan fingerprint density at radius 3 is 2.17 bits per heavy atom. The molecule has 0 unspecified atom stereocenters. The van der Waals surface area contributed by atoms with E-state index in [1.165, 1.54) is 0 Å². The fourth-order valence-electron chi connectivity index (χ4n) is 5.00. The average molecular weight is 577 g/mol. The van der Waals surface area contributed by atoms with Crippen molar-refractivity contribution in [1.82, 2.24) is 29.7 Å². The summed E-state index contributed by atoms with van der Waals surface area (Å²) in [5.41, 5.74) is -0.602. The number of aromatic nitrogens is 4. The molecule has 0 atom stereocenters. The van der Waals surface area contributed by atoms with Crippen LogP contribution in [0.25, 0.3) is 22.2 Å². The third-order valence-corrected chi connectivity index (χ3v) is 6.85. The second-order valence-electron chi connectivity index (χ2n) is 9.44. The van der Waals surface area contributed by atoms with Crippen LogP contribution in [0.4, 0.5) is 4.79 Å². The number of carbonyl (C=O) groups is 3. The van der Waals surface area contributed by atoms with Crippen LogP contribution in [0.3, 0.4) is 0 Å². The lowest BCUT2D eigenvalue weighted by atomic mass is 9.98. The zero-order valence-electron chi connectivity index (χ0n) is 21.8. The van der Waals surface area contributed by atoms with Crippen molar-refractivity contribution in [3.8, 4) is 11.1 Å². The van der Waals surface area contributed by atoms with Crippen molar-refractivity contribution in [2.75, 3.05) is 26.2 Å². The van der Waals surface area contributed by atoms with Crippen molar-refractivity contribution in [1.29, 1.82) is 0 Å². The van der Waals surface area contributed by atoms with Crippen molar-refractivity contribution in [2.45, 2.75) is 12.5 Å². The van der Waals surface area contributed by atoms with Gasteiger partial charge in [-0.3, -0.25) is 38.7 Å². The highest BCUT2D eigenvalue weighted by molar-refractivity contribution is 5.83. The molecule has 2 aromatic heterocycles. The van der Waals surface area contributed by atoms with E-state index < -0.39 is 64.6 Å². The zero-order chi connectivity index (χ0) is 30.0. The van der Waals surface area contributed by atoms with Crippen LogP contribution in [-0.2, 0) is 20.9 Å². The standard InChI is InChI=1S/C27H24N6O9/c34-19(11-33-22-21(24(38)31-26(33)40)23(37)30-25(39)29-22)32(12-20(35)36)10-9-28-27(41)42-13-18-16-7-3-1-5-14(16)15-6-2-4-8-17(15)18/h1-8,18H,9-13H2,(H,28,41)(H,35,36)(H,31,38,40)(H2,29,30,37,39). The summed E-state index contributed by atoms with van der Waals surface area (Å²) in [6, 6.07) is 15.6.